The van der Waals surface area contributed by atoms with Crippen LogP contribution in [0, 0.1) is 13.8 Å². The summed E-state index contributed by atoms with van der Waals surface area (Å²) in [5, 5.41) is 9.30. The van der Waals surface area contributed by atoms with Crippen LogP contribution in [0.1, 0.15) is 21.5 Å². The summed E-state index contributed by atoms with van der Waals surface area (Å²) in [5.41, 5.74) is 3.90. The first-order valence-corrected chi connectivity index (χ1v) is 6.02. The lowest BCUT2D eigenvalue weighted by Crippen LogP contribution is -2.01. The fourth-order valence-corrected chi connectivity index (χ4v) is 2.32. The monoisotopic (exact) mass is 256 g/mol. The van der Waals surface area contributed by atoms with Crippen LogP contribution in [0.25, 0.3) is 11.1 Å². The van der Waals surface area contributed by atoms with E-state index in [1.54, 1.807) is 19.2 Å². The molecule has 0 aromatic heterocycles. The highest BCUT2D eigenvalue weighted by Gasteiger charge is 2.16. The normalized spacial score (nSPS) is 10.3. The molecule has 3 nitrogen and oxygen atoms in total. The maximum absolute atomic E-state index is 11.3. The largest absolute Gasteiger partial charge is 0.496 e. The summed E-state index contributed by atoms with van der Waals surface area (Å²) in [6, 6.07) is 10.9. The molecule has 0 aliphatic rings. The minimum atomic E-state index is -0.933. The number of hydrogen-bond acceptors (Lipinski definition) is 2. The number of carboxylic acids is 1. The van der Waals surface area contributed by atoms with Gasteiger partial charge in [-0.05, 0) is 37.1 Å². The summed E-state index contributed by atoms with van der Waals surface area (Å²) < 4.78 is 5.40. The predicted octanol–water partition coefficient (Wildman–Crippen LogP) is 3.68. The number of aryl methyl sites for hydroxylation is 2. The summed E-state index contributed by atoms with van der Waals surface area (Å²) >= 11 is 0. The van der Waals surface area contributed by atoms with Crippen molar-refractivity contribution in [3.63, 3.8) is 0 Å². The summed E-state index contributed by atoms with van der Waals surface area (Å²) in [4.78, 5) is 11.3. The Morgan fingerprint density at radius 3 is 2.47 bits per heavy atom. The molecule has 0 bridgehead atoms. The molecular formula is C16H16O3. The third kappa shape index (κ3) is 2.45. The minimum absolute atomic E-state index is 0.285. The topological polar surface area (TPSA) is 46.5 Å². The molecule has 2 aromatic rings. The van der Waals surface area contributed by atoms with E-state index in [0.29, 0.717) is 11.3 Å². The number of aromatic carboxylic acids is 1. The zero-order valence-corrected chi connectivity index (χ0v) is 11.2. The van der Waals surface area contributed by atoms with Crippen molar-refractivity contribution in [2.24, 2.45) is 0 Å². The van der Waals surface area contributed by atoms with Gasteiger partial charge in [-0.2, -0.15) is 0 Å². The number of carbonyl (C=O) groups is 1. The van der Waals surface area contributed by atoms with Gasteiger partial charge in [0, 0.05) is 11.1 Å². The Kier molecular flexibility index (Phi) is 3.56. The molecule has 0 radical (unpaired) electrons. The van der Waals surface area contributed by atoms with Gasteiger partial charge in [0.2, 0.25) is 0 Å². The molecular weight excluding hydrogens is 240 g/mol. The van der Waals surface area contributed by atoms with Crippen molar-refractivity contribution in [2.45, 2.75) is 13.8 Å². The van der Waals surface area contributed by atoms with E-state index in [2.05, 4.69) is 0 Å². The number of rotatable bonds is 3. The predicted molar refractivity (Wildman–Crippen MR) is 74.9 cm³/mol. The number of carboxylic acid groups (broad SMARTS) is 1. The van der Waals surface area contributed by atoms with Gasteiger partial charge in [-0.3, -0.25) is 0 Å². The van der Waals surface area contributed by atoms with Gasteiger partial charge in [-0.15, -0.1) is 0 Å². The Labute approximate surface area is 112 Å². The van der Waals surface area contributed by atoms with E-state index in [1.165, 1.54) is 0 Å². The molecule has 19 heavy (non-hydrogen) atoms. The second-order valence-corrected chi connectivity index (χ2v) is 4.51. The molecule has 0 fully saturated rings. The molecule has 0 atom stereocenters. The second-order valence-electron chi connectivity index (χ2n) is 4.51. The van der Waals surface area contributed by atoms with Crippen LogP contribution >= 0.6 is 0 Å². The molecule has 0 saturated heterocycles. The third-order valence-electron chi connectivity index (χ3n) is 3.09. The van der Waals surface area contributed by atoms with Crippen LogP contribution in [0.15, 0.2) is 36.4 Å². The third-order valence-corrected chi connectivity index (χ3v) is 3.09. The molecule has 1 N–H and O–H groups in total. The number of benzene rings is 2. The van der Waals surface area contributed by atoms with Crippen LogP contribution < -0.4 is 4.74 Å². The van der Waals surface area contributed by atoms with Gasteiger partial charge in [-0.25, -0.2) is 4.79 Å². The summed E-state index contributed by atoms with van der Waals surface area (Å²) in [7, 11) is 1.60. The maximum Gasteiger partial charge on any atom is 0.336 e. The van der Waals surface area contributed by atoms with Gasteiger partial charge in [0.05, 0.1) is 12.7 Å². The van der Waals surface area contributed by atoms with Gasteiger partial charge >= 0.3 is 5.97 Å². The second kappa shape index (κ2) is 5.14. The molecule has 0 spiro atoms. The standard InChI is InChI=1S/C16H16O3/c1-10-8-11(2)15(14(9-10)19-3)12-6-4-5-7-13(12)16(17)18/h4-9H,1-3H3,(H,17,18). The van der Waals surface area contributed by atoms with Gasteiger partial charge in [-0.1, -0.05) is 24.3 Å². The van der Waals surface area contributed by atoms with E-state index in [0.717, 1.165) is 16.7 Å². The lowest BCUT2D eigenvalue weighted by molar-refractivity contribution is 0.0698. The molecule has 3 heteroatoms. The van der Waals surface area contributed by atoms with Crippen LogP contribution in [0.4, 0.5) is 0 Å². The molecule has 2 aromatic carbocycles. The fraction of sp³-hybridized carbons (Fsp3) is 0.188. The zero-order chi connectivity index (χ0) is 14.0. The smallest absolute Gasteiger partial charge is 0.336 e. The first-order valence-electron chi connectivity index (χ1n) is 6.02. The Balaban J connectivity index is 2.75. The minimum Gasteiger partial charge on any atom is -0.496 e. The highest BCUT2D eigenvalue weighted by Crippen LogP contribution is 2.36. The van der Waals surface area contributed by atoms with Crippen molar-refractivity contribution in [3.05, 3.63) is 53.1 Å². The molecule has 0 saturated carbocycles. The average Bonchev–Trinajstić information content (AvgIpc) is 2.37. The first-order chi connectivity index (χ1) is 9.04. The van der Waals surface area contributed by atoms with Crippen LogP contribution in [-0.4, -0.2) is 18.2 Å². The van der Waals surface area contributed by atoms with Crippen molar-refractivity contribution < 1.29 is 14.6 Å². The van der Waals surface area contributed by atoms with Gasteiger partial charge in [0.25, 0.3) is 0 Å². The Morgan fingerprint density at radius 1 is 1.16 bits per heavy atom. The number of methoxy groups -OCH3 is 1. The molecule has 0 aliphatic heterocycles. The molecule has 0 heterocycles. The van der Waals surface area contributed by atoms with Crippen LogP contribution in [0.2, 0.25) is 0 Å². The first kappa shape index (κ1) is 13.1. The quantitative estimate of drug-likeness (QED) is 0.911. The van der Waals surface area contributed by atoms with Crippen molar-refractivity contribution in [1.82, 2.24) is 0 Å². The Hall–Kier alpha value is -2.29. The van der Waals surface area contributed by atoms with E-state index >= 15 is 0 Å². The highest BCUT2D eigenvalue weighted by atomic mass is 16.5. The van der Waals surface area contributed by atoms with Crippen molar-refractivity contribution in [1.29, 1.82) is 0 Å². The lowest BCUT2D eigenvalue weighted by atomic mass is 9.94. The van der Waals surface area contributed by atoms with Gasteiger partial charge in [0.1, 0.15) is 5.75 Å². The molecule has 98 valence electrons. The molecule has 0 amide bonds. The molecule has 2 rings (SSSR count). The molecule has 0 aliphatic carbocycles. The van der Waals surface area contributed by atoms with Crippen LogP contribution in [-0.2, 0) is 0 Å². The van der Waals surface area contributed by atoms with E-state index in [1.807, 2.05) is 38.1 Å². The van der Waals surface area contributed by atoms with E-state index < -0.39 is 5.97 Å². The van der Waals surface area contributed by atoms with E-state index in [-0.39, 0.29) is 5.56 Å². The number of hydrogen-bond donors (Lipinski definition) is 1. The number of ether oxygens (including phenoxy) is 1. The SMILES string of the molecule is COc1cc(C)cc(C)c1-c1ccccc1C(=O)O. The van der Waals surface area contributed by atoms with Crippen LogP contribution in [0.5, 0.6) is 5.75 Å². The lowest BCUT2D eigenvalue weighted by Gasteiger charge is -2.15. The van der Waals surface area contributed by atoms with Gasteiger partial charge < -0.3 is 9.84 Å². The van der Waals surface area contributed by atoms with E-state index in [4.69, 9.17) is 4.74 Å². The van der Waals surface area contributed by atoms with Gasteiger partial charge in [0.15, 0.2) is 0 Å². The summed E-state index contributed by atoms with van der Waals surface area (Å²) in [6.07, 6.45) is 0. The fourth-order valence-electron chi connectivity index (χ4n) is 2.32. The van der Waals surface area contributed by atoms with Crippen LogP contribution in [0.3, 0.4) is 0 Å². The highest BCUT2D eigenvalue weighted by molar-refractivity contribution is 5.97. The Morgan fingerprint density at radius 2 is 1.84 bits per heavy atom. The maximum atomic E-state index is 11.3. The summed E-state index contributed by atoms with van der Waals surface area (Å²) in [5.74, 6) is -0.233. The zero-order valence-electron chi connectivity index (χ0n) is 11.2. The summed E-state index contributed by atoms with van der Waals surface area (Å²) in [6.45, 7) is 3.95. The average molecular weight is 256 g/mol. The van der Waals surface area contributed by atoms with Crippen molar-refractivity contribution >= 4 is 5.97 Å². The Bertz CT molecular complexity index is 630. The molecule has 0 unspecified atom stereocenters. The van der Waals surface area contributed by atoms with Crippen molar-refractivity contribution in [2.75, 3.05) is 7.11 Å². The van der Waals surface area contributed by atoms with E-state index in [9.17, 15) is 9.90 Å². The van der Waals surface area contributed by atoms with Crippen molar-refractivity contribution in [3.8, 4) is 16.9 Å².